The molecule has 1 amide bonds. The molecule has 0 aliphatic carbocycles. The number of ether oxygens (including phenoxy) is 1. The summed E-state index contributed by atoms with van der Waals surface area (Å²) in [5.74, 6) is 0. The summed E-state index contributed by atoms with van der Waals surface area (Å²) in [6.45, 7) is 7.89. The molecule has 4 heteroatoms. The van der Waals surface area contributed by atoms with Gasteiger partial charge >= 0.3 is 6.09 Å². The number of piperazine rings is 1. The molecule has 1 aliphatic heterocycles. The van der Waals surface area contributed by atoms with Crippen LogP contribution in [-0.4, -0.2) is 42.3 Å². The molecule has 21 heavy (non-hydrogen) atoms. The Morgan fingerprint density at radius 2 is 2.05 bits per heavy atom. The number of amides is 1. The smallest absolute Gasteiger partial charge is 0.410 e. The molecule has 1 fully saturated rings. The van der Waals surface area contributed by atoms with Gasteiger partial charge in [0.05, 0.1) is 6.04 Å². The van der Waals surface area contributed by atoms with E-state index >= 15 is 0 Å². The predicted molar refractivity (Wildman–Crippen MR) is 85.1 cm³/mol. The molecule has 114 valence electrons. The zero-order chi connectivity index (χ0) is 15.3. The van der Waals surface area contributed by atoms with Crippen LogP contribution in [-0.2, 0) is 4.74 Å². The Bertz CT molecular complexity index is 491. The van der Waals surface area contributed by atoms with E-state index in [4.69, 9.17) is 4.74 Å². The van der Waals surface area contributed by atoms with Crippen molar-refractivity contribution in [1.29, 1.82) is 0 Å². The number of rotatable bonds is 2. The maximum atomic E-state index is 12.3. The number of benzene rings is 1. The topological polar surface area (TPSA) is 41.6 Å². The molecule has 1 unspecified atom stereocenters. The van der Waals surface area contributed by atoms with Gasteiger partial charge < -0.3 is 10.1 Å². The van der Waals surface area contributed by atoms with Crippen LogP contribution >= 0.6 is 0 Å². The Morgan fingerprint density at radius 1 is 1.33 bits per heavy atom. The van der Waals surface area contributed by atoms with E-state index in [1.165, 1.54) is 0 Å². The minimum Gasteiger partial charge on any atom is -0.444 e. The number of hydrogen-bond acceptors (Lipinski definition) is 3. The van der Waals surface area contributed by atoms with Crippen molar-refractivity contribution in [2.45, 2.75) is 32.4 Å². The SMILES string of the molecule is CC(C)(C)OC(=O)N1CCNCC1C=Cc1ccccc1. The van der Waals surface area contributed by atoms with Crippen LogP contribution in [0.15, 0.2) is 36.4 Å². The molecule has 1 N–H and O–H groups in total. The van der Waals surface area contributed by atoms with Crippen LogP contribution < -0.4 is 5.32 Å². The van der Waals surface area contributed by atoms with Gasteiger partial charge in [-0.05, 0) is 26.3 Å². The van der Waals surface area contributed by atoms with Gasteiger partial charge in [0, 0.05) is 19.6 Å². The monoisotopic (exact) mass is 288 g/mol. The van der Waals surface area contributed by atoms with Crippen LogP contribution in [0, 0.1) is 0 Å². The van der Waals surface area contributed by atoms with E-state index in [1.807, 2.05) is 51.1 Å². The molecule has 1 aliphatic rings. The van der Waals surface area contributed by atoms with Gasteiger partial charge in [-0.3, -0.25) is 4.90 Å². The second-order valence-electron chi connectivity index (χ2n) is 6.22. The van der Waals surface area contributed by atoms with Crippen molar-refractivity contribution in [3.63, 3.8) is 0 Å². The summed E-state index contributed by atoms with van der Waals surface area (Å²) >= 11 is 0. The number of nitrogens with one attached hydrogen (secondary N) is 1. The highest BCUT2D eigenvalue weighted by molar-refractivity contribution is 5.69. The van der Waals surface area contributed by atoms with Crippen molar-refractivity contribution in [3.8, 4) is 0 Å². The fraction of sp³-hybridized carbons (Fsp3) is 0.471. The maximum absolute atomic E-state index is 12.3. The summed E-state index contributed by atoms with van der Waals surface area (Å²) in [5.41, 5.74) is 0.669. The highest BCUT2D eigenvalue weighted by atomic mass is 16.6. The first-order valence-electron chi connectivity index (χ1n) is 7.39. The molecule has 0 radical (unpaired) electrons. The zero-order valence-electron chi connectivity index (χ0n) is 13.0. The van der Waals surface area contributed by atoms with Gasteiger partial charge in [-0.25, -0.2) is 4.79 Å². The Kier molecular flexibility index (Phi) is 5.02. The maximum Gasteiger partial charge on any atom is 0.410 e. The quantitative estimate of drug-likeness (QED) is 0.910. The Morgan fingerprint density at radius 3 is 2.71 bits per heavy atom. The zero-order valence-corrected chi connectivity index (χ0v) is 13.0. The van der Waals surface area contributed by atoms with Crippen molar-refractivity contribution in [2.24, 2.45) is 0 Å². The largest absolute Gasteiger partial charge is 0.444 e. The Hall–Kier alpha value is -1.81. The average Bonchev–Trinajstić information content (AvgIpc) is 2.45. The van der Waals surface area contributed by atoms with Crippen molar-refractivity contribution in [3.05, 3.63) is 42.0 Å². The van der Waals surface area contributed by atoms with E-state index in [9.17, 15) is 4.79 Å². The molecule has 0 saturated carbocycles. The van der Waals surface area contributed by atoms with E-state index in [0.717, 1.165) is 18.7 Å². The van der Waals surface area contributed by atoms with Gasteiger partial charge in [-0.1, -0.05) is 42.5 Å². The molecule has 0 spiro atoms. The third-order valence-corrected chi connectivity index (χ3v) is 3.22. The molecule has 0 aromatic heterocycles. The molecule has 1 atom stereocenters. The van der Waals surface area contributed by atoms with E-state index < -0.39 is 5.60 Å². The van der Waals surface area contributed by atoms with Crippen molar-refractivity contribution < 1.29 is 9.53 Å². The van der Waals surface area contributed by atoms with Gasteiger partial charge in [0.1, 0.15) is 5.60 Å². The van der Waals surface area contributed by atoms with Crippen LogP contribution in [0.25, 0.3) is 6.08 Å². The molecule has 1 aromatic rings. The molecule has 1 saturated heterocycles. The van der Waals surface area contributed by atoms with Crippen molar-refractivity contribution >= 4 is 12.2 Å². The summed E-state index contributed by atoms with van der Waals surface area (Å²) in [7, 11) is 0. The van der Waals surface area contributed by atoms with Crippen LogP contribution in [0.5, 0.6) is 0 Å². The second kappa shape index (κ2) is 6.76. The van der Waals surface area contributed by atoms with E-state index in [2.05, 4.69) is 17.5 Å². The number of carbonyl (C=O) groups is 1. The fourth-order valence-electron chi connectivity index (χ4n) is 2.23. The van der Waals surface area contributed by atoms with Gasteiger partial charge in [0.25, 0.3) is 0 Å². The normalized spacial score (nSPS) is 19.8. The van der Waals surface area contributed by atoms with Crippen molar-refractivity contribution in [1.82, 2.24) is 10.2 Å². The van der Waals surface area contributed by atoms with Gasteiger partial charge in [-0.2, -0.15) is 0 Å². The van der Waals surface area contributed by atoms with Crippen molar-refractivity contribution in [2.75, 3.05) is 19.6 Å². The Balaban J connectivity index is 2.05. The first-order chi connectivity index (χ1) is 9.96. The van der Waals surface area contributed by atoms with E-state index in [0.29, 0.717) is 6.54 Å². The van der Waals surface area contributed by atoms with Gasteiger partial charge in [-0.15, -0.1) is 0 Å². The summed E-state index contributed by atoms with van der Waals surface area (Å²) in [6.07, 6.45) is 3.87. The van der Waals surface area contributed by atoms with Crippen LogP contribution in [0.3, 0.4) is 0 Å². The average molecular weight is 288 g/mol. The fourth-order valence-corrected chi connectivity index (χ4v) is 2.23. The first-order valence-corrected chi connectivity index (χ1v) is 7.39. The minimum absolute atomic E-state index is 0.0220. The molecular formula is C17H24N2O2. The van der Waals surface area contributed by atoms with Crippen LogP contribution in [0.2, 0.25) is 0 Å². The number of nitrogens with zero attached hydrogens (tertiary/aromatic N) is 1. The lowest BCUT2D eigenvalue weighted by molar-refractivity contribution is 0.0168. The predicted octanol–water partition coefficient (Wildman–Crippen LogP) is 2.91. The molecule has 4 nitrogen and oxygen atoms in total. The minimum atomic E-state index is -0.463. The van der Waals surface area contributed by atoms with Gasteiger partial charge in [0.15, 0.2) is 0 Å². The molecule has 0 bridgehead atoms. The Labute approximate surface area is 126 Å². The van der Waals surface area contributed by atoms with Crippen LogP contribution in [0.1, 0.15) is 26.3 Å². The third kappa shape index (κ3) is 4.90. The lowest BCUT2D eigenvalue weighted by atomic mass is 10.1. The first kappa shape index (κ1) is 15.6. The lowest BCUT2D eigenvalue weighted by Gasteiger charge is -2.35. The highest BCUT2D eigenvalue weighted by Gasteiger charge is 2.28. The number of hydrogen-bond donors (Lipinski definition) is 1. The van der Waals surface area contributed by atoms with E-state index in [-0.39, 0.29) is 12.1 Å². The number of carbonyl (C=O) groups excluding carboxylic acids is 1. The lowest BCUT2D eigenvalue weighted by Crippen LogP contribution is -2.53. The van der Waals surface area contributed by atoms with Crippen LogP contribution in [0.4, 0.5) is 4.79 Å². The summed E-state index contributed by atoms with van der Waals surface area (Å²) in [5, 5.41) is 3.32. The van der Waals surface area contributed by atoms with Gasteiger partial charge in [0.2, 0.25) is 0 Å². The molecular weight excluding hydrogens is 264 g/mol. The summed E-state index contributed by atoms with van der Waals surface area (Å²) < 4.78 is 5.48. The standard InChI is InChI=1S/C17H24N2O2/c1-17(2,3)21-16(20)19-12-11-18-13-15(19)10-9-14-7-5-4-6-8-14/h4-10,15,18H,11-13H2,1-3H3. The summed E-state index contributed by atoms with van der Waals surface area (Å²) in [6, 6.07) is 10.1. The molecule has 1 aromatic carbocycles. The molecule has 1 heterocycles. The highest BCUT2D eigenvalue weighted by Crippen LogP contribution is 2.14. The summed E-state index contributed by atoms with van der Waals surface area (Å²) in [4.78, 5) is 14.1. The molecule has 2 rings (SSSR count). The second-order valence-corrected chi connectivity index (χ2v) is 6.22. The third-order valence-electron chi connectivity index (χ3n) is 3.22. The van der Waals surface area contributed by atoms with E-state index in [1.54, 1.807) is 4.90 Å².